The van der Waals surface area contributed by atoms with E-state index in [1.165, 1.54) is 0 Å². The lowest BCUT2D eigenvalue weighted by atomic mass is 10.3. The summed E-state index contributed by atoms with van der Waals surface area (Å²) in [5, 5.41) is 4.02. The zero-order chi connectivity index (χ0) is 8.27. The highest BCUT2D eigenvalue weighted by Gasteiger charge is 1.98. The van der Waals surface area contributed by atoms with Crippen LogP contribution in [0.1, 0.15) is 13.8 Å². The minimum atomic E-state index is 0.426. The Bertz CT molecular complexity index is 233. The average Bonchev–Trinajstić information content (AvgIpc) is 1.93. The summed E-state index contributed by atoms with van der Waals surface area (Å²) in [6, 6.07) is 8.17. The lowest BCUT2D eigenvalue weighted by Crippen LogP contribution is -2.09. The van der Waals surface area contributed by atoms with E-state index in [0.717, 1.165) is 10.7 Å². The second-order valence-electron chi connectivity index (χ2n) is 2.78. The highest BCUT2D eigenvalue weighted by atomic mass is 35.5. The predicted molar refractivity (Wildman–Crippen MR) is 50.2 cm³/mol. The molecule has 0 aromatic heterocycles. The van der Waals surface area contributed by atoms with Crippen molar-refractivity contribution in [1.82, 2.24) is 0 Å². The van der Waals surface area contributed by atoms with Gasteiger partial charge in [-0.3, -0.25) is 0 Å². The van der Waals surface area contributed by atoms with E-state index in [1.807, 2.05) is 24.3 Å². The molecule has 1 rings (SSSR count). The largest absolute Gasteiger partial charge is 0.382 e. The molecule has 0 aliphatic carbocycles. The van der Waals surface area contributed by atoms with Gasteiger partial charge < -0.3 is 5.32 Å². The van der Waals surface area contributed by atoms with Crippen molar-refractivity contribution in [2.75, 3.05) is 5.32 Å². The molecule has 0 heterocycles. The second kappa shape index (κ2) is 3.63. The fourth-order valence-electron chi connectivity index (χ4n) is 0.889. The number of rotatable bonds is 2. The van der Waals surface area contributed by atoms with E-state index in [-0.39, 0.29) is 0 Å². The molecule has 1 nitrogen and oxygen atoms in total. The fraction of sp³-hybridized carbons (Fsp3) is 0.333. The van der Waals surface area contributed by atoms with Gasteiger partial charge in [0.05, 0.1) is 10.7 Å². The molecule has 0 aliphatic rings. The zero-order valence-corrected chi connectivity index (χ0v) is 7.52. The van der Waals surface area contributed by atoms with Crippen LogP contribution in [0.3, 0.4) is 0 Å². The minimum Gasteiger partial charge on any atom is -0.382 e. The maximum atomic E-state index is 5.91. The van der Waals surface area contributed by atoms with Gasteiger partial charge in [0.2, 0.25) is 0 Å². The molecule has 60 valence electrons. The summed E-state index contributed by atoms with van der Waals surface area (Å²) in [7, 11) is 0. The van der Waals surface area contributed by atoms with Crippen molar-refractivity contribution in [3.63, 3.8) is 0 Å². The molecule has 11 heavy (non-hydrogen) atoms. The lowest BCUT2D eigenvalue weighted by molar-refractivity contribution is 0.900. The van der Waals surface area contributed by atoms with Gasteiger partial charge in [-0.2, -0.15) is 0 Å². The summed E-state index contributed by atoms with van der Waals surface area (Å²) in [5.74, 6) is 0. The van der Waals surface area contributed by atoms with Crippen molar-refractivity contribution >= 4 is 17.3 Å². The predicted octanol–water partition coefficient (Wildman–Crippen LogP) is 3.16. The zero-order valence-electron chi connectivity index (χ0n) is 6.76. The van der Waals surface area contributed by atoms with Gasteiger partial charge in [-0.25, -0.2) is 0 Å². The molecule has 0 bridgehead atoms. The summed E-state index contributed by atoms with van der Waals surface area (Å²) in [6.07, 6.45) is 0. The number of hydrogen-bond donors (Lipinski definition) is 1. The minimum absolute atomic E-state index is 0.426. The molecule has 0 saturated carbocycles. The van der Waals surface area contributed by atoms with E-state index in [9.17, 15) is 0 Å². The standard InChI is InChI=1S/C9H12ClN/c1-7(2)11-9-6-4-3-5-8(9)10/h3-7,11H,1-2H3. The summed E-state index contributed by atoms with van der Waals surface area (Å²) in [6.45, 7) is 4.17. The lowest BCUT2D eigenvalue weighted by Gasteiger charge is -2.10. The number of benzene rings is 1. The van der Waals surface area contributed by atoms with Gasteiger partial charge >= 0.3 is 0 Å². The van der Waals surface area contributed by atoms with Gasteiger partial charge in [0.25, 0.3) is 0 Å². The molecule has 0 saturated heterocycles. The number of anilines is 1. The van der Waals surface area contributed by atoms with Gasteiger partial charge in [-0.1, -0.05) is 23.7 Å². The Balaban J connectivity index is 2.78. The fourth-order valence-corrected chi connectivity index (χ4v) is 1.08. The van der Waals surface area contributed by atoms with E-state index in [1.54, 1.807) is 0 Å². The first-order valence-electron chi connectivity index (χ1n) is 3.71. The SMILES string of the molecule is CC(C)Nc1ccccc1Cl. The maximum absolute atomic E-state index is 5.91. The van der Waals surface area contributed by atoms with Crippen LogP contribution in [0.4, 0.5) is 5.69 Å². The van der Waals surface area contributed by atoms with Gasteiger partial charge in [0.1, 0.15) is 0 Å². The van der Waals surface area contributed by atoms with Gasteiger partial charge in [0.15, 0.2) is 0 Å². The van der Waals surface area contributed by atoms with E-state index in [2.05, 4.69) is 19.2 Å². The van der Waals surface area contributed by atoms with Crippen LogP contribution in [0, 0.1) is 0 Å². The molecular formula is C9H12ClN. The highest BCUT2D eigenvalue weighted by molar-refractivity contribution is 6.33. The molecule has 0 atom stereocenters. The summed E-state index contributed by atoms with van der Waals surface area (Å²) in [4.78, 5) is 0. The number of hydrogen-bond acceptors (Lipinski definition) is 1. The molecule has 1 N–H and O–H groups in total. The van der Waals surface area contributed by atoms with Crippen LogP contribution < -0.4 is 5.32 Å². The topological polar surface area (TPSA) is 12.0 Å². The van der Waals surface area contributed by atoms with Gasteiger partial charge in [-0.05, 0) is 26.0 Å². The molecule has 0 unspecified atom stereocenters. The number of para-hydroxylation sites is 1. The van der Waals surface area contributed by atoms with E-state index < -0.39 is 0 Å². The third kappa shape index (κ3) is 2.43. The number of halogens is 1. The Kier molecular flexibility index (Phi) is 2.77. The molecule has 0 aliphatic heterocycles. The van der Waals surface area contributed by atoms with Crippen molar-refractivity contribution in [3.05, 3.63) is 29.3 Å². The van der Waals surface area contributed by atoms with Crippen LogP contribution in [0.15, 0.2) is 24.3 Å². The molecule has 0 spiro atoms. The van der Waals surface area contributed by atoms with Crippen LogP contribution in [0.2, 0.25) is 5.02 Å². The Labute approximate surface area is 72.4 Å². The molecule has 0 amide bonds. The molecule has 1 aromatic carbocycles. The molecular weight excluding hydrogens is 158 g/mol. The van der Waals surface area contributed by atoms with Gasteiger partial charge in [-0.15, -0.1) is 0 Å². The molecule has 2 heteroatoms. The highest BCUT2D eigenvalue weighted by Crippen LogP contribution is 2.20. The van der Waals surface area contributed by atoms with E-state index in [4.69, 9.17) is 11.6 Å². The smallest absolute Gasteiger partial charge is 0.0637 e. The number of nitrogens with one attached hydrogen (secondary N) is 1. The maximum Gasteiger partial charge on any atom is 0.0637 e. The van der Waals surface area contributed by atoms with Crippen molar-refractivity contribution in [2.24, 2.45) is 0 Å². The molecule has 0 radical (unpaired) electrons. The third-order valence-corrected chi connectivity index (χ3v) is 1.65. The summed E-state index contributed by atoms with van der Waals surface area (Å²) < 4.78 is 0. The third-order valence-electron chi connectivity index (χ3n) is 1.32. The first kappa shape index (κ1) is 8.41. The first-order chi connectivity index (χ1) is 5.20. The Morgan fingerprint density at radius 3 is 2.45 bits per heavy atom. The second-order valence-corrected chi connectivity index (χ2v) is 3.19. The van der Waals surface area contributed by atoms with Crippen molar-refractivity contribution in [1.29, 1.82) is 0 Å². The Hall–Kier alpha value is -0.690. The Morgan fingerprint density at radius 1 is 1.27 bits per heavy atom. The molecule has 0 fully saturated rings. The molecule has 1 aromatic rings. The summed E-state index contributed by atoms with van der Waals surface area (Å²) >= 11 is 5.91. The average molecular weight is 170 g/mol. The normalized spacial score (nSPS) is 10.2. The quantitative estimate of drug-likeness (QED) is 0.717. The van der Waals surface area contributed by atoms with Crippen LogP contribution in [-0.2, 0) is 0 Å². The van der Waals surface area contributed by atoms with Crippen LogP contribution in [-0.4, -0.2) is 6.04 Å². The monoisotopic (exact) mass is 169 g/mol. The van der Waals surface area contributed by atoms with Crippen molar-refractivity contribution < 1.29 is 0 Å². The van der Waals surface area contributed by atoms with Crippen molar-refractivity contribution in [2.45, 2.75) is 19.9 Å². The van der Waals surface area contributed by atoms with Crippen LogP contribution in [0.25, 0.3) is 0 Å². The Morgan fingerprint density at radius 2 is 1.91 bits per heavy atom. The van der Waals surface area contributed by atoms with E-state index >= 15 is 0 Å². The van der Waals surface area contributed by atoms with Crippen molar-refractivity contribution in [3.8, 4) is 0 Å². The first-order valence-corrected chi connectivity index (χ1v) is 4.09. The summed E-state index contributed by atoms with van der Waals surface area (Å²) in [5.41, 5.74) is 1.00. The van der Waals surface area contributed by atoms with Crippen LogP contribution in [0.5, 0.6) is 0 Å². The van der Waals surface area contributed by atoms with Crippen LogP contribution >= 0.6 is 11.6 Å². The van der Waals surface area contributed by atoms with Gasteiger partial charge in [0, 0.05) is 6.04 Å². The van der Waals surface area contributed by atoms with E-state index in [0.29, 0.717) is 6.04 Å².